The maximum Gasteiger partial charge on any atom is 0.320 e. The molecule has 1 aromatic heterocycles. The minimum absolute atomic E-state index is 0.158. The average molecular weight is 180 g/mol. The Kier molecular flexibility index (Phi) is 2.16. The van der Waals surface area contributed by atoms with Crippen LogP contribution < -0.4 is 10.6 Å². The maximum absolute atomic E-state index is 11.2. The van der Waals surface area contributed by atoms with Crippen molar-refractivity contribution in [2.75, 3.05) is 5.32 Å². The summed E-state index contributed by atoms with van der Waals surface area (Å²) in [5.74, 6) is 0.622. The molecule has 1 fully saturated rings. The molecule has 0 radical (unpaired) electrons. The van der Waals surface area contributed by atoms with Crippen molar-refractivity contribution in [2.24, 2.45) is 0 Å². The lowest BCUT2D eigenvalue weighted by molar-refractivity contribution is 0.240. The van der Waals surface area contributed by atoms with Crippen LogP contribution >= 0.6 is 0 Å². The molecule has 3 N–H and O–H groups in total. The number of urea groups is 1. The van der Waals surface area contributed by atoms with Gasteiger partial charge >= 0.3 is 6.03 Å². The van der Waals surface area contributed by atoms with Crippen molar-refractivity contribution in [3.8, 4) is 0 Å². The highest BCUT2D eigenvalue weighted by Crippen LogP contribution is 2.17. The molecular weight excluding hydrogens is 168 g/mol. The number of hydrogen-bond acceptors (Lipinski definition) is 2. The Hall–Kier alpha value is -1.52. The number of carbonyl (C=O) groups is 1. The Bertz CT molecular complexity index is 278. The fourth-order valence-corrected chi connectivity index (χ4v) is 1.22. The number of nitrogens with zero attached hydrogens (tertiary/aromatic N) is 1. The zero-order valence-electron chi connectivity index (χ0n) is 7.21. The number of aromatic amines is 1. The summed E-state index contributed by atoms with van der Waals surface area (Å²) in [6.45, 7) is 0. The number of H-pyrrole nitrogens is 1. The maximum atomic E-state index is 11.2. The summed E-state index contributed by atoms with van der Waals surface area (Å²) in [4.78, 5) is 11.2. The molecular formula is C8H12N4O. The van der Waals surface area contributed by atoms with Crippen LogP contribution in [0.3, 0.4) is 0 Å². The third-order valence-electron chi connectivity index (χ3n) is 2.19. The van der Waals surface area contributed by atoms with Gasteiger partial charge in [0.1, 0.15) is 5.82 Å². The fourth-order valence-electron chi connectivity index (χ4n) is 1.22. The zero-order chi connectivity index (χ0) is 9.10. The third kappa shape index (κ3) is 1.99. The summed E-state index contributed by atoms with van der Waals surface area (Å²) in [5, 5.41) is 11.9. The van der Waals surface area contributed by atoms with Gasteiger partial charge in [-0.25, -0.2) is 4.79 Å². The number of amides is 2. The lowest BCUT2D eigenvalue weighted by Gasteiger charge is -2.26. The van der Waals surface area contributed by atoms with Crippen molar-refractivity contribution in [1.82, 2.24) is 15.5 Å². The third-order valence-corrected chi connectivity index (χ3v) is 2.19. The molecule has 5 nitrogen and oxygen atoms in total. The van der Waals surface area contributed by atoms with Gasteiger partial charge in [-0.3, -0.25) is 10.4 Å². The van der Waals surface area contributed by atoms with Crippen molar-refractivity contribution in [1.29, 1.82) is 0 Å². The molecule has 5 heteroatoms. The van der Waals surface area contributed by atoms with E-state index in [4.69, 9.17) is 0 Å². The summed E-state index contributed by atoms with van der Waals surface area (Å²) < 4.78 is 0. The second kappa shape index (κ2) is 3.47. The molecule has 1 aromatic rings. The molecule has 0 aromatic carbocycles. The van der Waals surface area contributed by atoms with Gasteiger partial charge in [-0.2, -0.15) is 5.10 Å². The number of anilines is 1. The smallest absolute Gasteiger partial charge is 0.320 e. The normalized spacial score (nSPS) is 16.3. The van der Waals surface area contributed by atoms with Gasteiger partial charge in [-0.05, 0) is 19.3 Å². The predicted molar refractivity (Wildman–Crippen MR) is 48.4 cm³/mol. The van der Waals surface area contributed by atoms with E-state index in [1.807, 2.05) is 0 Å². The second-order valence-corrected chi connectivity index (χ2v) is 3.20. The predicted octanol–water partition coefficient (Wildman–Crippen LogP) is 1.08. The molecule has 0 aliphatic heterocycles. The molecule has 13 heavy (non-hydrogen) atoms. The molecule has 0 spiro atoms. The summed E-state index contributed by atoms with van der Waals surface area (Å²) >= 11 is 0. The van der Waals surface area contributed by atoms with E-state index in [1.54, 1.807) is 12.3 Å². The monoisotopic (exact) mass is 180 g/mol. The summed E-state index contributed by atoms with van der Waals surface area (Å²) in [6.07, 6.45) is 5.00. The summed E-state index contributed by atoms with van der Waals surface area (Å²) in [7, 11) is 0. The van der Waals surface area contributed by atoms with Crippen LogP contribution in [0.2, 0.25) is 0 Å². The van der Waals surface area contributed by atoms with E-state index in [2.05, 4.69) is 20.8 Å². The lowest BCUT2D eigenvalue weighted by Crippen LogP contribution is -2.41. The lowest BCUT2D eigenvalue weighted by atomic mass is 9.93. The van der Waals surface area contributed by atoms with E-state index in [1.165, 1.54) is 6.42 Å². The number of aromatic nitrogens is 2. The molecule has 70 valence electrons. The van der Waals surface area contributed by atoms with Gasteiger partial charge in [0.2, 0.25) is 0 Å². The molecule has 1 aliphatic carbocycles. The highest BCUT2D eigenvalue weighted by molar-refractivity contribution is 5.88. The number of carbonyl (C=O) groups excluding carboxylic acids is 1. The highest BCUT2D eigenvalue weighted by atomic mass is 16.2. The Morgan fingerprint density at radius 2 is 2.46 bits per heavy atom. The van der Waals surface area contributed by atoms with Crippen LogP contribution in [-0.2, 0) is 0 Å². The first kappa shape index (κ1) is 8.10. The topological polar surface area (TPSA) is 69.8 Å². The molecule has 2 amide bonds. The molecule has 0 saturated heterocycles. The Labute approximate surface area is 75.9 Å². The standard InChI is InChI=1S/C8H12N4O/c13-8(10-6-2-1-3-6)11-7-4-5-9-12-7/h4-6H,1-3H2,(H3,9,10,11,12,13). The van der Waals surface area contributed by atoms with Crippen molar-refractivity contribution in [3.05, 3.63) is 12.3 Å². The van der Waals surface area contributed by atoms with Gasteiger partial charge in [0.15, 0.2) is 0 Å². The van der Waals surface area contributed by atoms with Crippen molar-refractivity contribution >= 4 is 11.8 Å². The largest absolute Gasteiger partial charge is 0.335 e. The second-order valence-electron chi connectivity index (χ2n) is 3.20. The summed E-state index contributed by atoms with van der Waals surface area (Å²) in [6, 6.07) is 1.91. The van der Waals surface area contributed by atoms with E-state index in [-0.39, 0.29) is 6.03 Å². The Morgan fingerprint density at radius 1 is 1.62 bits per heavy atom. The van der Waals surface area contributed by atoms with E-state index in [0.717, 1.165) is 12.8 Å². The SMILES string of the molecule is O=C(Nc1ccn[nH]1)NC1CCC1. The van der Waals surface area contributed by atoms with Crippen LogP contribution in [0.4, 0.5) is 10.6 Å². The van der Waals surface area contributed by atoms with Gasteiger partial charge in [0.05, 0.1) is 6.20 Å². The number of nitrogens with one attached hydrogen (secondary N) is 3. The van der Waals surface area contributed by atoms with E-state index < -0.39 is 0 Å². The molecule has 1 aliphatic rings. The molecule has 0 atom stereocenters. The van der Waals surface area contributed by atoms with E-state index >= 15 is 0 Å². The first-order chi connectivity index (χ1) is 6.34. The molecule has 0 bridgehead atoms. The number of hydrogen-bond donors (Lipinski definition) is 3. The summed E-state index contributed by atoms with van der Waals surface area (Å²) in [5.41, 5.74) is 0. The van der Waals surface area contributed by atoms with Gasteiger partial charge in [-0.1, -0.05) is 0 Å². The van der Waals surface area contributed by atoms with E-state index in [0.29, 0.717) is 11.9 Å². The Balaban J connectivity index is 1.78. The van der Waals surface area contributed by atoms with Gasteiger partial charge in [0.25, 0.3) is 0 Å². The van der Waals surface area contributed by atoms with Crippen molar-refractivity contribution in [3.63, 3.8) is 0 Å². The minimum atomic E-state index is -0.158. The minimum Gasteiger partial charge on any atom is -0.335 e. The van der Waals surface area contributed by atoms with Crippen molar-refractivity contribution < 1.29 is 4.79 Å². The highest BCUT2D eigenvalue weighted by Gasteiger charge is 2.19. The van der Waals surface area contributed by atoms with Crippen LogP contribution in [-0.4, -0.2) is 22.3 Å². The van der Waals surface area contributed by atoms with Gasteiger partial charge in [0, 0.05) is 12.1 Å². The van der Waals surface area contributed by atoms with E-state index in [9.17, 15) is 4.79 Å². The van der Waals surface area contributed by atoms with Gasteiger partial charge in [-0.15, -0.1) is 0 Å². The molecule has 1 heterocycles. The van der Waals surface area contributed by atoms with Crippen LogP contribution in [0.5, 0.6) is 0 Å². The van der Waals surface area contributed by atoms with Crippen molar-refractivity contribution in [2.45, 2.75) is 25.3 Å². The van der Waals surface area contributed by atoms with Crippen LogP contribution in [0.1, 0.15) is 19.3 Å². The fraction of sp³-hybridized carbons (Fsp3) is 0.500. The zero-order valence-corrected chi connectivity index (χ0v) is 7.21. The quantitative estimate of drug-likeness (QED) is 0.637. The van der Waals surface area contributed by atoms with Crippen LogP contribution in [0.25, 0.3) is 0 Å². The van der Waals surface area contributed by atoms with Crippen LogP contribution in [0.15, 0.2) is 12.3 Å². The van der Waals surface area contributed by atoms with Crippen LogP contribution in [0, 0.1) is 0 Å². The molecule has 2 rings (SSSR count). The van der Waals surface area contributed by atoms with Gasteiger partial charge < -0.3 is 5.32 Å². The Morgan fingerprint density at radius 3 is 3.00 bits per heavy atom. The molecule has 0 unspecified atom stereocenters. The molecule has 1 saturated carbocycles. The average Bonchev–Trinajstić information content (AvgIpc) is 2.49. The number of rotatable bonds is 2. The first-order valence-electron chi connectivity index (χ1n) is 4.41. The first-order valence-corrected chi connectivity index (χ1v) is 4.41.